The summed E-state index contributed by atoms with van der Waals surface area (Å²) in [4.78, 5) is 11.2. The van der Waals surface area contributed by atoms with Crippen LogP contribution in [0.5, 0.6) is 0 Å². The average molecular weight is 188 g/mol. The molecule has 0 aromatic heterocycles. The van der Waals surface area contributed by atoms with E-state index in [1.54, 1.807) is 19.2 Å². The lowest BCUT2D eigenvalue weighted by Crippen LogP contribution is -2.17. The van der Waals surface area contributed by atoms with E-state index in [-0.39, 0.29) is 5.91 Å². The Morgan fingerprint density at radius 1 is 1.43 bits per heavy atom. The first kappa shape index (κ1) is 10.1. The van der Waals surface area contributed by atoms with Gasteiger partial charge in [0, 0.05) is 18.3 Å². The molecule has 0 saturated heterocycles. The summed E-state index contributed by atoms with van der Waals surface area (Å²) in [5, 5.41) is 5.56. The first-order valence-electron chi connectivity index (χ1n) is 4.27. The van der Waals surface area contributed by atoms with E-state index in [0.717, 1.165) is 5.69 Å². The van der Waals surface area contributed by atoms with E-state index in [1.165, 1.54) is 0 Å². The number of anilines is 1. The van der Waals surface area contributed by atoms with Gasteiger partial charge in [-0.25, -0.2) is 0 Å². The second-order valence-corrected chi connectivity index (χ2v) is 2.71. The van der Waals surface area contributed by atoms with Crippen molar-refractivity contribution in [3.8, 4) is 12.3 Å². The molecule has 72 valence electrons. The molecule has 1 amide bonds. The molecule has 3 heteroatoms. The third kappa shape index (κ3) is 2.53. The highest BCUT2D eigenvalue weighted by atomic mass is 16.1. The maximum absolute atomic E-state index is 11.2. The van der Waals surface area contributed by atoms with Gasteiger partial charge in [0.05, 0.1) is 6.54 Å². The largest absolute Gasteiger partial charge is 0.374 e. The van der Waals surface area contributed by atoms with Gasteiger partial charge in [-0.1, -0.05) is 5.92 Å². The van der Waals surface area contributed by atoms with Crippen molar-refractivity contribution in [3.63, 3.8) is 0 Å². The van der Waals surface area contributed by atoms with Crippen LogP contribution in [-0.4, -0.2) is 19.5 Å². The molecular formula is C11H12N2O. The Bertz CT molecular complexity index is 349. The van der Waals surface area contributed by atoms with Crippen molar-refractivity contribution in [2.24, 2.45) is 0 Å². The Morgan fingerprint density at radius 3 is 2.57 bits per heavy atom. The van der Waals surface area contributed by atoms with E-state index in [1.807, 2.05) is 12.1 Å². The zero-order chi connectivity index (χ0) is 10.4. The minimum absolute atomic E-state index is 0.0894. The van der Waals surface area contributed by atoms with Crippen LogP contribution in [0.1, 0.15) is 10.4 Å². The monoisotopic (exact) mass is 188 g/mol. The predicted octanol–water partition coefficient (Wildman–Crippen LogP) is 1.09. The standard InChI is InChI=1S/C11H12N2O/c1-3-8-13-10-6-4-9(5-7-10)11(14)12-2/h1,4-7,13H,8H2,2H3,(H,12,14). The summed E-state index contributed by atoms with van der Waals surface area (Å²) in [5.74, 6) is 2.38. The van der Waals surface area contributed by atoms with Crippen molar-refractivity contribution in [1.82, 2.24) is 5.32 Å². The molecule has 3 nitrogen and oxygen atoms in total. The fourth-order valence-electron chi connectivity index (χ4n) is 1.04. The van der Waals surface area contributed by atoms with Gasteiger partial charge < -0.3 is 10.6 Å². The molecule has 0 fully saturated rings. The van der Waals surface area contributed by atoms with Gasteiger partial charge in [0.1, 0.15) is 0 Å². The number of hydrogen-bond acceptors (Lipinski definition) is 2. The SMILES string of the molecule is C#CCNc1ccc(C(=O)NC)cc1. The molecular weight excluding hydrogens is 176 g/mol. The molecule has 0 aliphatic rings. The Morgan fingerprint density at radius 2 is 2.07 bits per heavy atom. The van der Waals surface area contributed by atoms with Gasteiger partial charge in [-0.3, -0.25) is 4.79 Å². The normalized spacial score (nSPS) is 8.86. The van der Waals surface area contributed by atoms with Crippen LogP contribution in [0.15, 0.2) is 24.3 Å². The highest BCUT2D eigenvalue weighted by molar-refractivity contribution is 5.94. The number of carbonyl (C=O) groups excluding carboxylic acids is 1. The van der Waals surface area contributed by atoms with Crippen LogP contribution in [0, 0.1) is 12.3 Å². The second-order valence-electron chi connectivity index (χ2n) is 2.71. The highest BCUT2D eigenvalue weighted by Gasteiger charge is 2.00. The molecule has 0 spiro atoms. The molecule has 0 saturated carbocycles. The fourth-order valence-corrected chi connectivity index (χ4v) is 1.04. The lowest BCUT2D eigenvalue weighted by atomic mass is 10.2. The van der Waals surface area contributed by atoms with Crippen molar-refractivity contribution in [3.05, 3.63) is 29.8 Å². The lowest BCUT2D eigenvalue weighted by molar-refractivity contribution is 0.0963. The average Bonchev–Trinajstić information content (AvgIpc) is 2.26. The maximum atomic E-state index is 11.2. The van der Waals surface area contributed by atoms with Gasteiger partial charge >= 0.3 is 0 Å². The highest BCUT2D eigenvalue weighted by Crippen LogP contribution is 2.08. The molecule has 1 aromatic carbocycles. The number of terminal acetylenes is 1. The lowest BCUT2D eigenvalue weighted by Gasteiger charge is -2.03. The number of nitrogens with one attached hydrogen (secondary N) is 2. The van der Waals surface area contributed by atoms with Crippen LogP contribution in [0.2, 0.25) is 0 Å². The summed E-state index contributed by atoms with van der Waals surface area (Å²) in [6, 6.07) is 7.14. The maximum Gasteiger partial charge on any atom is 0.251 e. The number of benzene rings is 1. The van der Waals surface area contributed by atoms with Crippen LogP contribution >= 0.6 is 0 Å². The zero-order valence-electron chi connectivity index (χ0n) is 8.00. The number of amides is 1. The van der Waals surface area contributed by atoms with Gasteiger partial charge in [0.25, 0.3) is 5.91 Å². The van der Waals surface area contributed by atoms with Gasteiger partial charge in [0.2, 0.25) is 0 Å². The summed E-state index contributed by atoms with van der Waals surface area (Å²) >= 11 is 0. The summed E-state index contributed by atoms with van der Waals surface area (Å²) in [5.41, 5.74) is 1.55. The van der Waals surface area contributed by atoms with Crippen molar-refractivity contribution >= 4 is 11.6 Å². The van der Waals surface area contributed by atoms with Crippen LogP contribution < -0.4 is 10.6 Å². The third-order valence-corrected chi connectivity index (χ3v) is 1.77. The van der Waals surface area contributed by atoms with Crippen molar-refractivity contribution in [2.45, 2.75) is 0 Å². The number of hydrogen-bond donors (Lipinski definition) is 2. The van der Waals surface area contributed by atoms with Gasteiger partial charge in [-0.15, -0.1) is 6.42 Å². The Balaban J connectivity index is 2.69. The molecule has 14 heavy (non-hydrogen) atoms. The Labute approximate surface area is 83.5 Å². The quantitative estimate of drug-likeness (QED) is 0.697. The molecule has 1 aromatic rings. The molecule has 0 radical (unpaired) electrons. The fraction of sp³-hybridized carbons (Fsp3) is 0.182. The first-order chi connectivity index (χ1) is 6.77. The van der Waals surface area contributed by atoms with Crippen LogP contribution in [0.25, 0.3) is 0 Å². The molecule has 0 unspecified atom stereocenters. The third-order valence-electron chi connectivity index (χ3n) is 1.77. The predicted molar refractivity (Wildman–Crippen MR) is 57.2 cm³/mol. The smallest absolute Gasteiger partial charge is 0.251 e. The van der Waals surface area contributed by atoms with E-state index in [2.05, 4.69) is 16.6 Å². The van der Waals surface area contributed by atoms with Crippen LogP contribution in [0.4, 0.5) is 5.69 Å². The zero-order valence-corrected chi connectivity index (χ0v) is 8.00. The van der Waals surface area contributed by atoms with Gasteiger partial charge in [-0.05, 0) is 24.3 Å². The molecule has 0 atom stereocenters. The Hall–Kier alpha value is -1.95. The van der Waals surface area contributed by atoms with Gasteiger partial charge in [0.15, 0.2) is 0 Å². The van der Waals surface area contributed by atoms with Gasteiger partial charge in [-0.2, -0.15) is 0 Å². The molecule has 1 rings (SSSR count). The van der Waals surface area contributed by atoms with Crippen molar-refractivity contribution in [1.29, 1.82) is 0 Å². The molecule has 2 N–H and O–H groups in total. The van der Waals surface area contributed by atoms with Crippen LogP contribution in [0.3, 0.4) is 0 Å². The van der Waals surface area contributed by atoms with E-state index >= 15 is 0 Å². The Kier molecular flexibility index (Phi) is 3.57. The molecule has 0 bridgehead atoms. The van der Waals surface area contributed by atoms with E-state index in [4.69, 9.17) is 6.42 Å². The summed E-state index contributed by atoms with van der Waals surface area (Å²) in [6.45, 7) is 0.485. The molecule has 0 heterocycles. The van der Waals surface area contributed by atoms with Crippen LogP contribution in [-0.2, 0) is 0 Å². The summed E-state index contributed by atoms with van der Waals surface area (Å²) in [6.07, 6.45) is 5.10. The van der Waals surface area contributed by atoms with Crippen molar-refractivity contribution in [2.75, 3.05) is 18.9 Å². The van der Waals surface area contributed by atoms with E-state index < -0.39 is 0 Å². The van der Waals surface area contributed by atoms with E-state index in [0.29, 0.717) is 12.1 Å². The van der Waals surface area contributed by atoms with Crippen molar-refractivity contribution < 1.29 is 4.79 Å². The molecule has 0 aliphatic heterocycles. The summed E-state index contributed by atoms with van der Waals surface area (Å²) < 4.78 is 0. The number of rotatable bonds is 3. The minimum Gasteiger partial charge on any atom is -0.374 e. The summed E-state index contributed by atoms with van der Waals surface area (Å²) in [7, 11) is 1.60. The second kappa shape index (κ2) is 4.93. The minimum atomic E-state index is -0.0894. The van der Waals surface area contributed by atoms with E-state index in [9.17, 15) is 4.79 Å². The first-order valence-corrected chi connectivity index (χ1v) is 4.27. The topological polar surface area (TPSA) is 41.1 Å². The molecule has 0 aliphatic carbocycles. The number of carbonyl (C=O) groups is 1.